The molecule has 0 aromatic carbocycles. The maximum atomic E-state index is 6.77. The fourth-order valence-corrected chi connectivity index (χ4v) is 4.64. The zero-order chi connectivity index (χ0) is 19.6. The van der Waals surface area contributed by atoms with E-state index in [2.05, 4.69) is 88.2 Å². The summed E-state index contributed by atoms with van der Waals surface area (Å²) >= 11 is 0. The third-order valence-electron chi connectivity index (χ3n) is 6.20. The van der Waals surface area contributed by atoms with Crippen molar-refractivity contribution in [2.75, 3.05) is 6.61 Å². The quantitative estimate of drug-likeness (QED) is 0.342. The van der Waals surface area contributed by atoms with Crippen LogP contribution in [0.4, 0.5) is 0 Å². The second-order valence-electron chi connectivity index (χ2n) is 10.5. The van der Waals surface area contributed by atoms with Crippen molar-refractivity contribution in [3.63, 3.8) is 0 Å². The first-order valence-electron chi connectivity index (χ1n) is 9.40. The summed E-state index contributed by atoms with van der Waals surface area (Å²) < 4.78 is 13.2. The molecule has 0 N–H and O–H groups in total. The summed E-state index contributed by atoms with van der Waals surface area (Å²) in [5.74, 6) is 0.693. The van der Waals surface area contributed by atoms with Gasteiger partial charge in [0.1, 0.15) is 0 Å². The topological polar surface area (TPSA) is 18.5 Å². The summed E-state index contributed by atoms with van der Waals surface area (Å²) in [6.45, 7) is 32.3. The zero-order valence-electron chi connectivity index (χ0n) is 18.5. The fourth-order valence-electron chi connectivity index (χ4n) is 2.04. The van der Waals surface area contributed by atoms with Gasteiger partial charge in [-0.05, 0) is 42.2 Å². The van der Waals surface area contributed by atoms with Crippen molar-refractivity contribution in [3.8, 4) is 0 Å². The van der Waals surface area contributed by atoms with E-state index in [0.29, 0.717) is 11.8 Å². The van der Waals surface area contributed by atoms with Gasteiger partial charge >= 0.3 is 0 Å². The van der Waals surface area contributed by atoms with Gasteiger partial charge in [-0.2, -0.15) is 0 Å². The number of hydrogen-bond donors (Lipinski definition) is 0. The summed E-state index contributed by atoms with van der Waals surface area (Å²) in [5.41, 5.74) is 0. The van der Waals surface area contributed by atoms with Gasteiger partial charge < -0.3 is 8.85 Å². The van der Waals surface area contributed by atoms with Gasteiger partial charge in [-0.1, -0.05) is 61.5 Å². The molecule has 0 rings (SSSR count). The molecule has 0 unspecified atom stereocenters. The molecule has 0 spiro atoms. The van der Waals surface area contributed by atoms with Crippen molar-refractivity contribution >= 4 is 16.6 Å². The summed E-state index contributed by atoms with van der Waals surface area (Å²) in [7, 11) is -3.54. The van der Waals surface area contributed by atoms with Crippen LogP contribution in [-0.4, -0.2) is 29.3 Å². The van der Waals surface area contributed by atoms with E-state index in [0.717, 1.165) is 6.61 Å². The van der Waals surface area contributed by atoms with E-state index in [9.17, 15) is 0 Å². The Morgan fingerprint density at radius 3 is 1.62 bits per heavy atom. The summed E-state index contributed by atoms with van der Waals surface area (Å²) in [6.07, 6.45) is 2.20. The lowest BCUT2D eigenvalue weighted by Crippen LogP contribution is -2.49. The summed E-state index contributed by atoms with van der Waals surface area (Å²) in [6, 6.07) is 0. The van der Waals surface area contributed by atoms with E-state index in [4.69, 9.17) is 8.85 Å². The van der Waals surface area contributed by atoms with Gasteiger partial charge in [0, 0.05) is 12.5 Å². The van der Waals surface area contributed by atoms with Crippen molar-refractivity contribution in [3.05, 3.63) is 12.7 Å². The predicted molar refractivity (Wildman–Crippen MR) is 114 cm³/mol. The minimum atomic E-state index is -1.81. The van der Waals surface area contributed by atoms with Crippen LogP contribution in [0.5, 0.6) is 0 Å². The number of hydrogen-bond acceptors (Lipinski definition) is 2. The van der Waals surface area contributed by atoms with Gasteiger partial charge in [-0.25, -0.2) is 0 Å². The van der Waals surface area contributed by atoms with Gasteiger partial charge in [0.05, 0.1) is 6.10 Å². The highest BCUT2D eigenvalue weighted by Gasteiger charge is 2.42. The molecule has 4 heteroatoms. The Morgan fingerprint density at radius 1 is 0.875 bits per heavy atom. The van der Waals surface area contributed by atoms with Crippen LogP contribution < -0.4 is 0 Å². The van der Waals surface area contributed by atoms with Crippen molar-refractivity contribution in [2.24, 2.45) is 11.8 Å². The Hall–Kier alpha value is 0.0938. The van der Waals surface area contributed by atoms with E-state index < -0.39 is 16.6 Å². The van der Waals surface area contributed by atoms with E-state index in [1.807, 2.05) is 6.08 Å². The average molecular weight is 373 g/mol. The first-order chi connectivity index (χ1) is 10.5. The molecule has 0 aromatic rings. The Balaban J connectivity index is 5.18. The smallest absolute Gasteiger partial charge is 0.192 e. The van der Waals surface area contributed by atoms with Crippen LogP contribution in [-0.2, 0) is 8.85 Å². The Labute approximate surface area is 154 Å². The van der Waals surface area contributed by atoms with Crippen molar-refractivity contribution in [1.82, 2.24) is 0 Å². The van der Waals surface area contributed by atoms with Crippen LogP contribution in [0.3, 0.4) is 0 Å². The summed E-state index contributed by atoms with van der Waals surface area (Å²) in [4.78, 5) is 0. The van der Waals surface area contributed by atoms with E-state index in [-0.39, 0.29) is 16.2 Å². The monoisotopic (exact) mass is 372 g/mol. The minimum absolute atomic E-state index is 0.174. The van der Waals surface area contributed by atoms with Crippen LogP contribution in [0.25, 0.3) is 0 Å². The predicted octanol–water partition coefficient (Wildman–Crippen LogP) is 6.86. The molecule has 144 valence electrons. The molecule has 0 bridgehead atoms. The molecule has 0 heterocycles. The maximum absolute atomic E-state index is 6.77. The standard InChI is InChI=1S/C20H44O2Si2/c1-14-16(2)18(22-24(12,13)20(7,8)9)17(3)15-21-23(10,11)19(4,5)6/h14,16-18H,1,15H2,2-13H3/t16-,17-,18-/m1/s1. The lowest BCUT2D eigenvalue weighted by atomic mass is 9.94. The highest BCUT2D eigenvalue weighted by Crippen LogP contribution is 2.40. The lowest BCUT2D eigenvalue weighted by molar-refractivity contribution is 0.0627. The first kappa shape index (κ1) is 24.1. The highest BCUT2D eigenvalue weighted by atomic mass is 28.4. The lowest BCUT2D eigenvalue weighted by Gasteiger charge is -2.43. The molecule has 0 aliphatic rings. The number of rotatable bonds is 8. The second kappa shape index (κ2) is 8.19. The highest BCUT2D eigenvalue weighted by molar-refractivity contribution is 6.74. The average Bonchev–Trinajstić information content (AvgIpc) is 2.38. The molecule has 0 amide bonds. The van der Waals surface area contributed by atoms with Crippen molar-refractivity contribution in [2.45, 2.75) is 97.8 Å². The van der Waals surface area contributed by atoms with Crippen LogP contribution in [0.15, 0.2) is 12.7 Å². The van der Waals surface area contributed by atoms with Gasteiger partial charge in [-0.3, -0.25) is 0 Å². The third kappa shape index (κ3) is 6.43. The minimum Gasteiger partial charge on any atom is -0.416 e. The molecule has 0 aliphatic carbocycles. The molecular formula is C20H44O2Si2. The Bertz CT molecular complexity index is 403. The van der Waals surface area contributed by atoms with E-state index in [1.165, 1.54) is 0 Å². The molecule has 0 aromatic heterocycles. The largest absolute Gasteiger partial charge is 0.416 e. The van der Waals surface area contributed by atoms with Crippen LogP contribution in [0.2, 0.25) is 36.3 Å². The molecule has 2 nitrogen and oxygen atoms in total. The Morgan fingerprint density at radius 2 is 1.29 bits per heavy atom. The second-order valence-corrected chi connectivity index (χ2v) is 20.1. The van der Waals surface area contributed by atoms with Crippen molar-refractivity contribution in [1.29, 1.82) is 0 Å². The van der Waals surface area contributed by atoms with Crippen molar-refractivity contribution < 1.29 is 8.85 Å². The fraction of sp³-hybridized carbons (Fsp3) is 0.900. The molecule has 24 heavy (non-hydrogen) atoms. The van der Waals surface area contributed by atoms with E-state index >= 15 is 0 Å². The van der Waals surface area contributed by atoms with Gasteiger partial charge in [-0.15, -0.1) is 6.58 Å². The van der Waals surface area contributed by atoms with E-state index in [1.54, 1.807) is 0 Å². The van der Waals surface area contributed by atoms with Crippen LogP contribution >= 0.6 is 0 Å². The molecule has 0 saturated heterocycles. The summed E-state index contributed by atoms with van der Waals surface area (Å²) in [5, 5.41) is 0.457. The van der Waals surface area contributed by atoms with Gasteiger partial charge in [0.2, 0.25) is 0 Å². The Kier molecular flexibility index (Phi) is 8.22. The first-order valence-corrected chi connectivity index (χ1v) is 15.2. The molecule has 0 fully saturated rings. The molecule has 3 atom stereocenters. The zero-order valence-corrected chi connectivity index (χ0v) is 20.5. The molecular weight excluding hydrogens is 328 g/mol. The molecule has 0 saturated carbocycles. The molecule has 0 radical (unpaired) electrons. The van der Waals surface area contributed by atoms with Gasteiger partial charge in [0.15, 0.2) is 16.6 Å². The normalized spacial score (nSPS) is 18.2. The van der Waals surface area contributed by atoms with Crippen LogP contribution in [0.1, 0.15) is 55.4 Å². The van der Waals surface area contributed by atoms with Crippen LogP contribution in [0, 0.1) is 11.8 Å². The van der Waals surface area contributed by atoms with Gasteiger partial charge in [0.25, 0.3) is 0 Å². The maximum Gasteiger partial charge on any atom is 0.192 e. The third-order valence-corrected chi connectivity index (χ3v) is 15.2. The molecule has 0 aliphatic heterocycles. The SMILES string of the molecule is C=C[C@@H](C)[C@@H](O[Si](C)(C)C(C)(C)C)[C@H](C)CO[Si](C)(C)C(C)(C)C.